The van der Waals surface area contributed by atoms with Crippen molar-refractivity contribution in [2.24, 2.45) is 11.7 Å². The third-order valence-corrected chi connectivity index (χ3v) is 7.57. The van der Waals surface area contributed by atoms with Crippen molar-refractivity contribution in [3.63, 3.8) is 0 Å². The third kappa shape index (κ3) is 7.82. The van der Waals surface area contributed by atoms with Crippen molar-refractivity contribution in [3.05, 3.63) is 72.1 Å². The fourth-order valence-electron chi connectivity index (χ4n) is 5.26. The van der Waals surface area contributed by atoms with E-state index in [-0.39, 0.29) is 18.8 Å². The molecular formula is C32H40N6O6. The van der Waals surface area contributed by atoms with Crippen molar-refractivity contribution in [2.75, 3.05) is 0 Å². The molecule has 12 nitrogen and oxygen atoms in total. The van der Waals surface area contributed by atoms with Gasteiger partial charge in [0.2, 0.25) is 17.7 Å². The summed E-state index contributed by atoms with van der Waals surface area (Å²) in [4.78, 5) is 58.3. The molecule has 5 atom stereocenters. The smallest absolute Gasteiger partial charge is 0.326 e. The number of H-pyrrole nitrogens is 2. The molecule has 0 aliphatic rings. The van der Waals surface area contributed by atoms with Gasteiger partial charge in [0.1, 0.15) is 18.1 Å². The van der Waals surface area contributed by atoms with E-state index < -0.39 is 54.0 Å². The molecule has 44 heavy (non-hydrogen) atoms. The summed E-state index contributed by atoms with van der Waals surface area (Å²) in [5.41, 5.74) is 9.20. The molecule has 4 aromatic rings. The molecule has 2 aromatic carbocycles. The first-order valence-electron chi connectivity index (χ1n) is 14.6. The summed E-state index contributed by atoms with van der Waals surface area (Å²) in [6.45, 7) is 5.17. The molecule has 0 aliphatic carbocycles. The monoisotopic (exact) mass is 604 g/mol. The highest BCUT2D eigenvalue weighted by Crippen LogP contribution is 2.21. The molecule has 5 unspecified atom stereocenters. The highest BCUT2D eigenvalue weighted by molar-refractivity contribution is 5.95. The number of fused-ring (bicyclic) bond motifs is 2. The van der Waals surface area contributed by atoms with E-state index in [4.69, 9.17) is 5.73 Å². The molecule has 2 aromatic heterocycles. The number of benzene rings is 2. The maximum absolute atomic E-state index is 13.6. The lowest BCUT2D eigenvalue weighted by Crippen LogP contribution is -2.60. The van der Waals surface area contributed by atoms with Crippen molar-refractivity contribution in [1.29, 1.82) is 0 Å². The number of aromatic amines is 2. The fraction of sp³-hybridized carbons (Fsp3) is 0.375. The summed E-state index contributed by atoms with van der Waals surface area (Å²) >= 11 is 0. The number of amides is 3. The summed E-state index contributed by atoms with van der Waals surface area (Å²) < 4.78 is 0. The zero-order valence-electron chi connectivity index (χ0n) is 25.0. The second kappa shape index (κ2) is 14.2. The minimum Gasteiger partial charge on any atom is -0.480 e. The van der Waals surface area contributed by atoms with Gasteiger partial charge in [0.05, 0.1) is 12.1 Å². The van der Waals surface area contributed by atoms with E-state index in [1.165, 1.54) is 6.92 Å². The number of nitrogens with two attached hydrogens (primary N) is 1. The van der Waals surface area contributed by atoms with Gasteiger partial charge in [-0.15, -0.1) is 0 Å². The van der Waals surface area contributed by atoms with Crippen LogP contribution in [0.3, 0.4) is 0 Å². The molecule has 0 saturated carbocycles. The van der Waals surface area contributed by atoms with Crippen molar-refractivity contribution in [2.45, 2.75) is 70.3 Å². The number of carboxylic acids is 1. The Balaban J connectivity index is 1.52. The first-order valence-corrected chi connectivity index (χ1v) is 14.6. The minimum absolute atomic E-state index is 0.0292. The van der Waals surface area contributed by atoms with Gasteiger partial charge in [-0.2, -0.15) is 0 Å². The molecule has 12 heteroatoms. The van der Waals surface area contributed by atoms with Crippen molar-refractivity contribution < 1.29 is 29.4 Å². The summed E-state index contributed by atoms with van der Waals surface area (Å²) in [7, 11) is 0. The fourth-order valence-corrected chi connectivity index (χ4v) is 5.26. The van der Waals surface area contributed by atoms with Crippen LogP contribution in [0.5, 0.6) is 0 Å². The maximum Gasteiger partial charge on any atom is 0.326 e. The van der Waals surface area contributed by atoms with E-state index in [0.29, 0.717) is 12.0 Å². The van der Waals surface area contributed by atoms with Crippen molar-refractivity contribution in [1.82, 2.24) is 25.9 Å². The van der Waals surface area contributed by atoms with Crippen LogP contribution in [0.4, 0.5) is 0 Å². The van der Waals surface area contributed by atoms with Gasteiger partial charge in [0.15, 0.2) is 0 Å². The molecule has 9 N–H and O–H groups in total. The predicted molar refractivity (Wildman–Crippen MR) is 167 cm³/mol. The number of rotatable bonds is 14. The van der Waals surface area contributed by atoms with E-state index >= 15 is 0 Å². The van der Waals surface area contributed by atoms with Gasteiger partial charge in [0, 0.05) is 47.0 Å². The minimum atomic E-state index is -1.50. The van der Waals surface area contributed by atoms with E-state index in [9.17, 15) is 29.4 Å². The van der Waals surface area contributed by atoms with Crippen LogP contribution in [-0.4, -0.2) is 74.1 Å². The van der Waals surface area contributed by atoms with E-state index in [1.54, 1.807) is 12.4 Å². The topological polar surface area (TPSA) is 202 Å². The second-order valence-corrected chi connectivity index (χ2v) is 11.6. The first-order chi connectivity index (χ1) is 20.9. The predicted octanol–water partition coefficient (Wildman–Crippen LogP) is 1.73. The Morgan fingerprint density at radius 2 is 1.25 bits per heavy atom. The summed E-state index contributed by atoms with van der Waals surface area (Å²) in [6, 6.07) is 10.0. The van der Waals surface area contributed by atoms with Crippen LogP contribution in [-0.2, 0) is 32.0 Å². The zero-order chi connectivity index (χ0) is 32.0. The third-order valence-electron chi connectivity index (χ3n) is 7.57. The lowest BCUT2D eigenvalue weighted by Gasteiger charge is -2.26. The molecule has 0 saturated heterocycles. The number of hydrogen-bond donors (Lipinski definition) is 8. The lowest BCUT2D eigenvalue weighted by atomic mass is 10.0. The normalized spacial score (nSPS) is 15.0. The number of carbonyl (C=O) groups is 4. The van der Waals surface area contributed by atoms with Crippen molar-refractivity contribution >= 4 is 45.5 Å². The Morgan fingerprint density at radius 3 is 1.75 bits per heavy atom. The molecule has 0 bridgehead atoms. The highest BCUT2D eigenvalue weighted by Gasteiger charge is 2.33. The van der Waals surface area contributed by atoms with Crippen LogP contribution in [0, 0.1) is 5.92 Å². The van der Waals surface area contributed by atoms with Gasteiger partial charge in [-0.25, -0.2) is 4.79 Å². The molecule has 3 amide bonds. The molecule has 0 aliphatic heterocycles. The van der Waals surface area contributed by atoms with Crippen molar-refractivity contribution in [3.8, 4) is 0 Å². The SMILES string of the molecule is CC(C)CC(N)C(=O)NC(Cc1c[nH]c2ccccc12)C(=O)NC(C(=O)NC(Cc1c[nH]c2ccccc12)C(=O)O)C(C)O. The van der Waals surface area contributed by atoms with Gasteiger partial charge in [-0.1, -0.05) is 50.2 Å². The quantitative estimate of drug-likeness (QED) is 0.107. The summed E-state index contributed by atoms with van der Waals surface area (Å²) in [6.07, 6.45) is 2.49. The number of carbonyl (C=O) groups excluding carboxylic acids is 3. The number of para-hydroxylation sites is 2. The zero-order valence-corrected chi connectivity index (χ0v) is 25.0. The number of carboxylic acid groups (broad SMARTS) is 1. The molecule has 0 spiro atoms. The molecule has 4 rings (SSSR count). The Morgan fingerprint density at radius 1 is 0.750 bits per heavy atom. The van der Waals surface area contributed by atoms with E-state index in [1.807, 2.05) is 62.4 Å². The summed E-state index contributed by atoms with van der Waals surface area (Å²) in [5.74, 6) is -3.27. The summed E-state index contributed by atoms with van der Waals surface area (Å²) in [5, 5.41) is 29.8. The van der Waals surface area contributed by atoms with E-state index in [2.05, 4.69) is 25.9 Å². The van der Waals surface area contributed by atoms with Gasteiger partial charge in [-0.3, -0.25) is 14.4 Å². The van der Waals surface area contributed by atoms with E-state index in [0.717, 1.165) is 27.4 Å². The van der Waals surface area contributed by atoms with Crippen LogP contribution in [0.1, 0.15) is 38.3 Å². The number of hydrogen-bond acceptors (Lipinski definition) is 6. The van der Waals surface area contributed by atoms with Gasteiger partial charge < -0.3 is 41.9 Å². The second-order valence-electron chi connectivity index (χ2n) is 11.6. The van der Waals surface area contributed by atoms with Gasteiger partial charge >= 0.3 is 5.97 Å². The van der Waals surface area contributed by atoms with Gasteiger partial charge in [0.25, 0.3) is 0 Å². The standard InChI is InChI=1S/C32H40N6O6/c1-17(2)12-23(33)29(40)36-26(13-19-15-34-24-10-6-4-8-21(19)24)30(41)38-28(18(3)39)31(42)37-27(32(43)44)14-20-16-35-25-11-7-5-9-22(20)25/h4-11,15-18,23,26-28,34-35,39H,12-14,33H2,1-3H3,(H,36,40)(H,37,42)(H,38,41)(H,43,44). The lowest BCUT2D eigenvalue weighted by molar-refractivity contribution is -0.143. The molecular weight excluding hydrogens is 564 g/mol. The Hall–Kier alpha value is -4.68. The Kier molecular flexibility index (Phi) is 10.4. The number of nitrogens with one attached hydrogen (secondary N) is 5. The number of aliphatic hydroxyl groups excluding tert-OH is 1. The average Bonchev–Trinajstić information content (AvgIpc) is 3.58. The molecule has 0 radical (unpaired) electrons. The van der Waals surface area contributed by atoms with Crippen LogP contribution in [0.2, 0.25) is 0 Å². The van der Waals surface area contributed by atoms with Crippen LogP contribution < -0.4 is 21.7 Å². The molecule has 234 valence electrons. The number of aliphatic carboxylic acids is 1. The largest absolute Gasteiger partial charge is 0.480 e. The van der Waals surface area contributed by atoms with Crippen LogP contribution in [0.25, 0.3) is 21.8 Å². The average molecular weight is 605 g/mol. The molecule has 2 heterocycles. The maximum atomic E-state index is 13.6. The first kappa shape index (κ1) is 32.2. The Bertz CT molecular complexity index is 1630. The van der Waals surface area contributed by atoms with Gasteiger partial charge in [-0.05, 0) is 42.5 Å². The molecule has 0 fully saturated rings. The highest BCUT2D eigenvalue weighted by atomic mass is 16.4. The Labute approximate surface area is 254 Å². The number of aliphatic hydroxyl groups is 1. The van der Waals surface area contributed by atoms with Crippen LogP contribution >= 0.6 is 0 Å². The number of aromatic nitrogens is 2. The van der Waals surface area contributed by atoms with Crippen LogP contribution in [0.15, 0.2) is 60.9 Å².